The van der Waals surface area contributed by atoms with E-state index in [4.69, 9.17) is 20.5 Å². The molecule has 4 aromatic rings. The van der Waals surface area contributed by atoms with E-state index in [9.17, 15) is 30.8 Å². The maximum atomic E-state index is 13.7. The third-order valence-electron chi connectivity index (χ3n) is 6.88. The van der Waals surface area contributed by atoms with E-state index < -0.39 is 53.8 Å². The lowest BCUT2D eigenvalue weighted by Gasteiger charge is -2.19. The monoisotopic (exact) mass is 627 g/mol. The highest BCUT2D eigenvalue weighted by Crippen LogP contribution is 2.35. The Balaban J connectivity index is 1.66. The molecule has 1 amide bonds. The predicted molar refractivity (Wildman–Crippen MR) is 153 cm³/mol. The smallest absolute Gasteiger partial charge is 0.382 e. The number of carbonyl (C=O) groups excluding carboxylic acids is 1. The number of nitrogens with one attached hydrogen (secondary N) is 1. The van der Waals surface area contributed by atoms with Crippen LogP contribution in [0.5, 0.6) is 0 Å². The van der Waals surface area contributed by atoms with Crippen molar-refractivity contribution in [1.29, 1.82) is 0 Å². The summed E-state index contributed by atoms with van der Waals surface area (Å²) in [5, 5.41) is 3.10. The van der Waals surface area contributed by atoms with Crippen LogP contribution in [-0.2, 0) is 33.7 Å². The number of amides is 1. The van der Waals surface area contributed by atoms with Gasteiger partial charge in [-0.3, -0.25) is 4.79 Å². The molecule has 1 unspecified atom stereocenters. The second kappa shape index (κ2) is 12.8. The van der Waals surface area contributed by atoms with Crippen molar-refractivity contribution in [3.05, 3.63) is 99.7 Å². The van der Waals surface area contributed by atoms with Crippen LogP contribution in [0.3, 0.4) is 0 Å². The number of alkyl halides is 4. The molecule has 0 spiro atoms. The molecule has 0 saturated heterocycles. The van der Waals surface area contributed by atoms with Crippen LogP contribution >= 0.6 is 11.6 Å². The summed E-state index contributed by atoms with van der Waals surface area (Å²) in [5.74, 6) is -0.743. The third-order valence-corrected chi connectivity index (χ3v) is 8.87. The molecule has 1 heterocycles. The van der Waals surface area contributed by atoms with Crippen molar-refractivity contribution in [3.8, 4) is 0 Å². The van der Waals surface area contributed by atoms with E-state index in [2.05, 4.69) is 5.32 Å². The Bertz CT molecular complexity index is 1790. The van der Waals surface area contributed by atoms with Gasteiger partial charge < -0.3 is 14.6 Å². The van der Waals surface area contributed by atoms with E-state index in [0.29, 0.717) is 22.2 Å². The van der Waals surface area contributed by atoms with Crippen molar-refractivity contribution >= 4 is 38.2 Å². The second-order valence-corrected chi connectivity index (χ2v) is 12.3. The first kappa shape index (κ1) is 27.4. The highest BCUT2D eigenvalue weighted by atomic mass is 35.5. The Morgan fingerprint density at radius 2 is 1.83 bits per heavy atom. The number of fused-ring (bicyclic) bond motifs is 1. The SMILES string of the molecule is [2H]C([2H])([2H])OCC(NC(=O)c1ccc2c(c1)cc(Cc1ccc(Cl)cc1C(F)(F)F)n2CCF)c1ccc(S(=O)(=O)CC)cc1. The van der Waals surface area contributed by atoms with Crippen molar-refractivity contribution in [3.63, 3.8) is 0 Å². The van der Waals surface area contributed by atoms with Crippen molar-refractivity contribution in [2.24, 2.45) is 0 Å². The van der Waals surface area contributed by atoms with E-state index in [1.807, 2.05) is 0 Å². The minimum absolute atomic E-state index is 0.0531. The van der Waals surface area contributed by atoms with Gasteiger partial charge in [-0.1, -0.05) is 36.7 Å². The largest absolute Gasteiger partial charge is 0.416 e. The molecule has 0 saturated carbocycles. The number of carbonyl (C=O) groups is 1. The standard InChI is InChI=1S/C30H29ClF4N2O4S/c1-3-42(39,40)25-9-5-19(6-10-25)27(18-41-2)36-29(38)21-7-11-28-22(14-21)16-24(37(28)13-12-32)15-20-4-8-23(31)17-26(20)30(33,34)35/h4-11,14,16-17,27H,3,12-13,15,18H2,1-2H3,(H,36,38)/i2D3. The van der Waals surface area contributed by atoms with Crippen LogP contribution in [0.4, 0.5) is 17.6 Å². The normalized spacial score (nSPS) is 14.3. The van der Waals surface area contributed by atoms with E-state index in [0.717, 1.165) is 6.07 Å². The van der Waals surface area contributed by atoms with Crippen molar-refractivity contribution in [2.75, 3.05) is 26.1 Å². The zero-order valence-electron chi connectivity index (χ0n) is 25.3. The summed E-state index contributed by atoms with van der Waals surface area (Å²) in [7, 11) is -6.26. The fourth-order valence-corrected chi connectivity index (χ4v) is 5.80. The van der Waals surface area contributed by atoms with Gasteiger partial charge >= 0.3 is 6.18 Å². The van der Waals surface area contributed by atoms with Gasteiger partial charge in [-0.15, -0.1) is 0 Å². The van der Waals surface area contributed by atoms with E-state index in [1.165, 1.54) is 55.5 Å². The lowest BCUT2D eigenvalue weighted by Crippen LogP contribution is -2.31. The zero-order valence-corrected chi connectivity index (χ0v) is 23.9. The number of rotatable bonds is 11. The van der Waals surface area contributed by atoms with Gasteiger partial charge in [0.1, 0.15) is 6.67 Å². The quantitative estimate of drug-likeness (QED) is 0.186. The highest BCUT2D eigenvalue weighted by Gasteiger charge is 2.33. The van der Waals surface area contributed by atoms with Gasteiger partial charge in [-0.05, 0) is 59.7 Å². The molecular weight excluding hydrogens is 596 g/mol. The third kappa shape index (κ3) is 6.96. The number of methoxy groups -OCH3 is 1. The Morgan fingerprint density at radius 1 is 1.10 bits per heavy atom. The molecule has 12 heteroatoms. The molecule has 0 aliphatic heterocycles. The maximum Gasteiger partial charge on any atom is 0.416 e. The summed E-state index contributed by atoms with van der Waals surface area (Å²) >= 11 is 5.81. The minimum atomic E-state index is -4.66. The van der Waals surface area contributed by atoms with E-state index in [1.54, 1.807) is 16.7 Å². The first-order valence-corrected chi connectivity index (χ1v) is 14.9. The van der Waals surface area contributed by atoms with Crippen LogP contribution in [0.2, 0.25) is 5.02 Å². The lowest BCUT2D eigenvalue weighted by molar-refractivity contribution is -0.138. The number of hydrogen-bond acceptors (Lipinski definition) is 4. The average molecular weight is 628 g/mol. The molecule has 0 fully saturated rings. The number of halogens is 5. The number of hydrogen-bond donors (Lipinski definition) is 1. The molecule has 0 radical (unpaired) electrons. The van der Waals surface area contributed by atoms with Gasteiger partial charge in [-0.2, -0.15) is 13.2 Å². The van der Waals surface area contributed by atoms with Crippen LogP contribution in [0.25, 0.3) is 10.9 Å². The number of nitrogens with zero attached hydrogens (tertiary/aromatic N) is 1. The first-order valence-electron chi connectivity index (χ1n) is 14.3. The molecule has 0 aliphatic carbocycles. The molecule has 42 heavy (non-hydrogen) atoms. The Morgan fingerprint density at radius 3 is 2.48 bits per heavy atom. The first-order chi connectivity index (χ1) is 21.0. The number of ether oxygens (including phenoxy) is 1. The average Bonchev–Trinajstić information content (AvgIpc) is 3.31. The topological polar surface area (TPSA) is 77.4 Å². The summed E-state index contributed by atoms with van der Waals surface area (Å²) < 4.78 is 108. The lowest BCUT2D eigenvalue weighted by atomic mass is 10.0. The molecule has 1 N–H and O–H groups in total. The molecule has 4 rings (SSSR count). The summed E-state index contributed by atoms with van der Waals surface area (Å²) in [6, 6.07) is 14.2. The summed E-state index contributed by atoms with van der Waals surface area (Å²) in [4.78, 5) is 13.4. The van der Waals surface area contributed by atoms with Crippen LogP contribution in [0, 0.1) is 0 Å². The van der Waals surface area contributed by atoms with Crippen LogP contribution < -0.4 is 5.32 Å². The van der Waals surface area contributed by atoms with Gasteiger partial charge in [0.25, 0.3) is 5.91 Å². The van der Waals surface area contributed by atoms with Gasteiger partial charge in [0.05, 0.1) is 39.5 Å². The molecule has 0 bridgehead atoms. The number of sulfone groups is 1. The number of benzene rings is 3. The fraction of sp³-hybridized carbons (Fsp3) is 0.300. The Kier molecular flexibility index (Phi) is 8.39. The predicted octanol–water partition coefficient (Wildman–Crippen LogP) is 6.78. The van der Waals surface area contributed by atoms with Crippen LogP contribution in [0.1, 0.15) is 49.8 Å². The fourth-order valence-electron chi connectivity index (χ4n) is 4.75. The van der Waals surface area contributed by atoms with Gasteiger partial charge in [0.15, 0.2) is 9.84 Å². The second-order valence-electron chi connectivity index (χ2n) is 9.54. The van der Waals surface area contributed by atoms with Crippen molar-refractivity contribution in [2.45, 2.75) is 37.0 Å². The maximum absolute atomic E-state index is 13.7. The Labute approximate surface area is 250 Å². The van der Waals surface area contributed by atoms with Crippen LogP contribution in [0.15, 0.2) is 71.6 Å². The van der Waals surface area contributed by atoms with Crippen LogP contribution in [-0.4, -0.2) is 45.0 Å². The van der Waals surface area contributed by atoms with Crippen molar-refractivity contribution in [1.82, 2.24) is 9.88 Å². The Hall–Kier alpha value is -3.41. The number of aromatic nitrogens is 1. The van der Waals surface area contributed by atoms with Gasteiger partial charge in [0.2, 0.25) is 0 Å². The molecule has 6 nitrogen and oxygen atoms in total. The van der Waals surface area contributed by atoms with Gasteiger partial charge in [0, 0.05) is 40.6 Å². The highest BCUT2D eigenvalue weighted by molar-refractivity contribution is 7.91. The zero-order chi connectivity index (χ0) is 33.2. The molecule has 3 aromatic carbocycles. The van der Waals surface area contributed by atoms with Crippen molar-refractivity contribution < 1.29 is 39.6 Å². The summed E-state index contributed by atoms with van der Waals surface area (Å²) in [5.41, 5.74) is 0.456. The minimum Gasteiger partial charge on any atom is -0.382 e. The van der Waals surface area contributed by atoms with E-state index >= 15 is 0 Å². The summed E-state index contributed by atoms with van der Waals surface area (Å²) in [6.07, 6.45) is -4.84. The van der Waals surface area contributed by atoms with Gasteiger partial charge in [-0.25, -0.2) is 12.8 Å². The molecular formula is C30H29ClF4N2O4S. The molecule has 1 atom stereocenters. The van der Waals surface area contributed by atoms with E-state index in [-0.39, 0.29) is 39.8 Å². The molecule has 224 valence electrons. The molecule has 1 aromatic heterocycles. The summed E-state index contributed by atoms with van der Waals surface area (Å²) in [6.45, 7) is 0.135. The number of aryl methyl sites for hydroxylation is 1. The molecule has 0 aliphatic rings.